The lowest BCUT2D eigenvalue weighted by Gasteiger charge is -2.38. The van der Waals surface area contributed by atoms with Crippen LogP contribution in [0.15, 0.2) is 60.7 Å². The molecule has 38 heavy (non-hydrogen) atoms. The summed E-state index contributed by atoms with van der Waals surface area (Å²) < 4.78 is 6.11. The van der Waals surface area contributed by atoms with Crippen LogP contribution >= 0.6 is 23.8 Å². The summed E-state index contributed by atoms with van der Waals surface area (Å²) in [7, 11) is 0. The summed E-state index contributed by atoms with van der Waals surface area (Å²) in [5, 5.41) is 8.01. The summed E-state index contributed by atoms with van der Waals surface area (Å²) in [5.74, 6) is 2.52. The summed E-state index contributed by atoms with van der Waals surface area (Å²) in [5.41, 5.74) is 1.34. The van der Waals surface area contributed by atoms with Crippen LogP contribution in [0, 0.1) is 0 Å². The van der Waals surface area contributed by atoms with Crippen molar-refractivity contribution in [1.82, 2.24) is 15.3 Å². The van der Waals surface area contributed by atoms with Gasteiger partial charge in [0.25, 0.3) is 0 Å². The zero-order valence-electron chi connectivity index (χ0n) is 22.0. The smallest absolute Gasteiger partial charge is 0.234 e. The maximum Gasteiger partial charge on any atom is 0.234 e. The van der Waals surface area contributed by atoms with Gasteiger partial charge < -0.3 is 20.3 Å². The quantitative estimate of drug-likeness (QED) is 0.296. The van der Waals surface area contributed by atoms with Gasteiger partial charge in [-0.1, -0.05) is 61.2 Å². The number of piperidine rings is 1. The topological polar surface area (TPSA) is 62.3 Å². The van der Waals surface area contributed by atoms with Crippen molar-refractivity contribution >= 4 is 40.7 Å². The lowest BCUT2D eigenvalue weighted by molar-refractivity contribution is 0.292. The first kappa shape index (κ1) is 26.7. The van der Waals surface area contributed by atoms with Gasteiger partial charge in [0.05, 0.1) is 0 Å². The van der Waals surface area contributed by atoms with Gasteiger partial charge in [-0.05, 0) is 81.1 Å². The Morgan fingerprint density at radius 1 is 1.03 bits per heavy atom. The van der Waals surface area contributed by atoms with E-state index in [0.29, 0.717) is 23.0 Å². The summed E-state index contributed by atoms with van der Waals surface area (Å²) in [4.78, 5) is 11.8. The van der Waals surface area contributed by atoms with Crippen molar-refractivity contribution in [3.8, 4) is 11.6 Å². The zero-order chi connectivity index (χ0) is 26.4. The third kappa shape index (κ3) is 6.56. The molecule has 8 heteroatoms. The SMILES string of the molecule is CC1CCCCN1c1cc(Oc2ccccc2)nc(NC(=S)NCC2(c3ccc(Cl)cc3)CCCCC2)n1. The molecule has 0 amide bonds. The lowest BCUT2D eigenvalue weighted by atomic mass is 9.69. The van der Waals surface area contributed by atoms with Gasteiger partial charge in [-0.2, -0.15) is 9.97 Å². The van der Waals surface area contributed by atoms with Gasteiger partial charge in [-0.15, -0.1) is 0 Å². The highest BCUT2D eigenvalue weighted by molar-refractivity contribution is 7.80. The fraction of sp³-hybridized carbons (Fsp3) is 0.433. The second-order valence-corrected chi connectivity index (χ2v) is 11.3. The lowest BCUT2D eigenvalue weighted by Crippen LogP contribution is -2.43. The molecule has 1 saturated carbocycles. The minimum Gasteiger partial charge on any atom is -0.439 e. The summed E-state index contributed by atoms with van der Waals surface area (Å²) in [6.07, 6.45) is 9.49. The Labute approximate surface area is 236 Å². The summed E-state index contributed by atoms with van der Waals surface area (Å²) in [6, 6.07) is 20.3. The van der Waals surface area contributed by atoms with E-state index in [2.05, 4.69) is 39.6 Å². The second-order valence-electron chi connectivity index (χ2n) is 10.5. The van der Waals surface area contributed by atoms with Gasteiger partial charge in [-0.25, -0.2) is 0 Å². The van der Waals surface area contributed by atoms with E-state index in [4.69, 9.17) is 33.5 Å². The molecule has 1 aliphatic heterocycles. The van der Waals surface area contributed by atoms with Gasteiger partial charge in [0, 0.05) is 35.6 Å². The Hall–Kier alpha value is -2.90. The average molecular weight is 550 g/mol. The normalized spacial score (nSPS) is 19.0. The van der Waals surface area contributed by atoms with Crippen LogP contribution in [0.5, 0.6) is 11.6 Å². The molecule has 0 spiro atoms. The number of thiocarbonyl (C=S) groups is 1. The minimum atomic E-state index is 0.0299. The molecule has 1 unspecified atom stereocenters. The maximum absolute atomic E-state index is 6.18. The first-order chi connectivity index (χ1) is 18.5. The predicted molar refractivity (Wildman–Crippen MR) is 160 cm³/mol. The molecule has 0 radical (unpaired) electrons. The Bertz CT molecular complexity index is 1220. The molecule has 1 atom stereocenters. The Kier molecular flexibility index (Phi) is 8.65. The Balaban J connectivity index is 1.33. The van der Waals surface area contributed by atoms with E-state index < -0.39 is 0 Å². The van der Waals surface area contributed by atoms with E-state index in [1.807, 2.05) is 48.5 Å². The number of para-hydroxylation sites is 1. The highest BCUT2D eigenvalue weighted by Crippen LogP contribution is 2.39. The van der Waals surface area contributed by atoms with Gasteiger partial charge in [0.2, 0.25) is 11.8 Å². The molecule has 0 bridgehead atoms. The number of hydrogen-bond acceptors (Lipinski definition) is 5. The first-order valence-electron chi connectivity index (χ1n) is 13.7. The molecule has 2 fully saturated rings. The monoisotopic (exact) mass is 549 g/mol. The van der Waals surface area contributed by atoms with E-state index in [0.717, 1.165) is 55.4 Å². The number of nitrogens with zero attached hydrogens (tertiary/aromatic N) is 3. The number of hydrogen-bond donors (Lipinski definition) is 2. The highest BCUT2D eigenvalue weighted by atomic mass is 35.5. The van der Waals surface area contributed by atoms with Crippen LogP contribution in [0.1, 0.15) is 63.9 Å². The number of benzene rings is 2. The molecule has 2 heterocycles. The predicted octanol–water partition coefficient (Wildman–Crippen LogP) is 7.49. The van der Waals surface area contributed by atoms with Crippen molar-refractivity contribution in [1.29, 1.82) is 0 Å². The fourth-order valence-corrected chi connectivity index (χ4v) is 6.00. The molecule has 1 aliphatic carbocycles. The highest BCUT2D eigenvalue weighted by Gasteiger charge is 2.34. The minimum absolute atomic E-state index is 0.0299. The Morgan fingerprint density at radius 2 is 1.79 bits per heavy atom. The molecule has 6 nitrogen and oxygen atoms in total. The number of anilines is 2. The van der Waals surface area contributed by atoms with E-state index in [1.165, 1.54) is 31.2 Å². The molecular formula is C30H36ClN5OS. The molecule has 2 aliphatic rings. The third-order valence-corrected chi connectivity index (χ3v) is 8.33. The first-order valence-corrected chi connectivity index (χ1v) is 14.5. The summed E-state index contributed by atoms with van der Waals surface area (Å²) >= 11 is 11.9. The van der Waals surface area contributed by atoms with Crippen LogP contribution in [0.25, 0.3) is 0 Å². The van der Waals surface area contributed by atoms with E-state index in [9.17, 15) is 0 Å². The van der Waals surface area contributed by atoms with Crippen molar-refractivity contribution in [3.63, 3.8) is 0 Å². The van der Waals surface area contributed by atoms with Crippen molar-refractivity contribution < 1.29 is 4.74 Å². The third-order valence-electron chi connectivity index (χ3n) is 7.83. The number of halogens is 1. The van der Waals surface area contributed by atoms with Gasteiger partial charge >= 0.3 is 0 Å². The van der Waals surface area contributed by atoms with E-state index in [1.54, 1.807) is 0 Å². The largest absolute Gasteiger partial charge is 0.439 e. The van der Waals surface area contributed by atoms with Crippen LogP contribution in [0.3, 0.4) is 0 Å². The standard InChI is InChI=1S/C30H36ClN5OS/c1-22-10-6-9-19-36(22)26-20-27(37-25-11-4-2-5-12-25)34-28(33-26)35-29(38)32-21-30(17-7-3-8-18-30)23-13-15-24(31)16-14-23/h2,4-5,11-16,20,22H,3,6-10,17-19,21H2,1H3,(H2,32,33,34,35,38). The van der Waals surface area contributed by atoms with Crippen molar-refractivity contribution in [2.24, 2.45) is 0 Å². The number of rotatable bonds is 7. The molecule has 5 rings (SSSR count). The number of aromatic nitrogens is 2. The molecule has 200 valence electrons. The van der Waals surface area contributed by atoms with Crippen molar-refractivity contribution in [3.05, 3.63) is 71.2 Å². The van der Waals surface area contributed by atoms with Gasteiger partial charge in [0.15, 0.2) is 5.11 Å². The molecule has 1 saturated heterocycles. The van der Waals surface area contributed by atoms with Crippen LogP contribution in [-0.4, -0.2) is 34.2 Å². The molecular weight excluding hydrogens is 514 g/mol. The van der Waals surface area contributed by atoms with Gasteiger partial charge in [0.1, 0.15) is 11.6 Å². The number of ether oxygens (including phenoxy) is 1. The summed E-state index contributed by atoms with van der Waals surface area (Å²) in [6.45, 7) is 3.96. The van der Waals surface area contributed by atoms with Crippen LogP contribution in [-0.2, 0) is 5.41 Å². The van der Waals surface area contributed by atoms with Gasteiger partial charge in [-0.3, -0.25) is 0 Å². The maximum atomic E-state index is 6.18. The van der Waals surface area contributed by atoms with E-state index in [-0.39, 0.29) is 5.41 Å². The molecule has 2 N–H and O–H groups in total. The van der Waals surface area contributed by atoms with Crippen LogP contribution in [0.4, 0.5) is 11.8 Å². The average Bonchev–Trinajstić information content (AvgIpc) is 2.93. The van der Waals surface area contributed by atoms with Crippen LogP contribution in [0.2, 0.25) is 5.02 Å². The zero-order valence-corrected chi connectivity index (χ0v) is 23.5. The Morgan fingerprint density at radius 3 is 2.53 bits per heavy atom. The number of nitrogens with one attached hydrogen (secondary N) is 2. The second kappa shape index (κ2) is 12.3. The molecule has 2 aromatic carbocycles. The molecule has 1 aromatic heterocycles. The van der Waals surface area contributed by atoms with Crippen molar-refractivity contribution in [2.75, 3.05) is 23.3 Å². The van der Waals surface area contributed by atoms with Crippen molar-refractivity contribution in [2.45, 2.75) is 69.7 Å². The van der Waals surface area contributed by atoms with E-state index >= 15 is 0 Å². The fourth-order valence-electron chi connectivity index (χ4n) is 5.71. The van der Waals surface area contributed by atoms with Crippen LogP contribution < -0.4 is 20.3 Å². The molecule has 3 aromatic rings.